The van der Waals surface area contributed by atoms with Gasteiger partial charge in [0.15, 0.2) is 0 Å². The van der Waals surface area contributed by atoms with Gasteiger partial charge in [-0.1, -0.05) is 66.2 Å². The number of hydrogen-bond donors (Lipinski definition) is 0. The molecule has 0 spiro atoms. The lowest BCUT2D eigenvalue weighted by atomic mass is 10.0. The molecular formula is C22H20O3. The van der Waals surface area contributed by atoms with Crippen LogP contribution in [0.3, 0.4) is 0 Å². The number of aryl methyl sites for hydroxylation is 1. The van der Waals surface area contributed by atoms with E-state index < -0.39 is 0 Å². The first kappa shape index (κ1) is 16.8. The molecule has 0 fully saturated rings. The van der Waals surface area contributed by atoms with Crippen LogP contribution in [0, 0.1) is 6.92 Å². The molecular weight excluding hydrogens is 312 g/mol. The largest absolute Gasteiger partial charge is 0.463 e. The van der Waals surface area contributed by atoms with E-state index in [4.69, 9.17) is 9.15 Å². The number of rotatable bonds is 5. The summed E-state index contributed by atoms with van der Waals surface area (Å²) in [5.74, 6) is 0.123. The van der Waals surface area contributed by atoms with Crippen LogP contribution in [0.4, 0.5) is 0 Å². The van der Waals surface area contributed by atoms with Crippen LogP contribution in [0.2, 0.25) is 0 Å². The number of esters is 1. The molecule has 3 rings (SSSR count). The Kier molecular flexibility index (Phi) is 5.14. The molecule has 0 aliphatic carbocycles. The summed E-state index contributed by atoms with van der Waals surface area (Å²) in [7, 11) is 0. The van der Waals surface area contributed by atoms with Gasteiger partial charge in [-0.3, -0.25) is 0 Å². The number of hydrogen-bond acceptors (Lipinski definition) is 3. The van der Waals surface area contributed by atoms with Crippen LogP contribution in [-0.4, -0.2) is 12.6 Å². The minimum atomic E-state index is -0.375. The van der Waals surface area contributed by atoms with E-state index in [1.165, 1.54) is 0 Å². The Hall–Kier alpha value is -3.07. The molecule has 0 N–H and O–H groups in total. The fraction of sp³-hybridized carbons (Fsp3) is 0.136. The second-order valence-corrected chi connectivity index (χ2v) is 5.72. The zero-order valence-electron chi connectivity index (χ0n) is 14.4. The summed E-state index contributed by atoms with van der Waals surface area (Å²) < 4.78 is 10.9. The SMILES string of the molecule is CCOC(=O)c1c(-c2ccc(C)cc2)coc1/C=C/c1ccccc1. The highest BCUT2D eigenvalue weighted by molar-refractivity contribution is 6.00. The van der Waals surface area contributed by atoms with Crippen LogP contribution >= 0.6 is 0 Å². The average molecular weight is 332 g/mol. The Morgan fingerprint density at radius 3 is 2.44 bits per heavy atom. The lowest BCUT2D eigenvalue weighted by Gasteiger charge is -2.05. The highest BCUT2D eigenvalue weighted by atomic mass is 16.5. The van der Waals surface area contributed by atoms with Crippen LogP contribution in [0.25, 0.3) is 23.3 Å². The summed E-state index contributed by atoms with van der Waals surface area (Å²) in [5.41, 5.74) is 4.32. The second-order valence-electron chi connectivity index (χ2n) is 5.72. The molecule has 1 heterocycles. The van der Waals surface area contributed by atoms with Crippen molar-refractivity contribution in [2.75, 3.05) is 6.61 Å². The molecule has 1 aromatic heterocycles. The smallest absolute Gasteiger partial charge is 0.342 e. The predicted octanol–water partition coefficient (Wildman–Crippen LogP) is 5.60. The third-order valence-corrected chi connectivity index (χ3v) is 3.89. The van der Waals surface area contributed by atoms with Gasteiger partial charge < -0.3 is 9.15 Å². The molecule has 0 unspecified atom stereocenters. The molecule has 0 aliphatic rings. The van der Waals surface area contributed by atoms with Gasteiger partial charge in [0.2, 0.25) is 0 Å². The van der Waals surface area contributed by atoms with Crippen LogP contribution in [-0.2, 0) is 4.74 Å². The van der Waals surface area contributed by atoms with Crippen molar-refractivity contribution in [2.45, 2.75) is 13.8 Å². The molecule has 126 valence electrons. The fourth-order valence-corrected chi connectivity index (χ4v) is 2.59. The molecule has 0 aliphatic heterocycles. The first-order valence-corrected chi connectivity index (χ1v) is 8.28. The zero-order chi connectivity index (χ0) is 17.6. The standard InChI is InChI=1S/C22H20O3/c1-3-24-22(23)21-19(18-12-9-16(2)10-13-18)15-25-20(21)14-11-17-7-5-4-6-8-17/h4-15H,3H2,1-2H3/b14-11+. The maximum Gasteiger partial charge on any atom is 0.342 e. The first-order valence-electron chi connectivity index (χ1n) is 8.28. The van der Waals surface area contributed by atoms with Gasteiger partial charge in [-0.25, -0.2) is 4.79 Å². The second kappa shape index (κ2) is 7.67. The van der Waals surface area contributed by atoms with E-state index in [9.17, 15) is 4.79 Å². The minimum absolute atomic E-state index is 0.319. The van der Waals surface area contributed by atoms with Crippen molar-refractivity contribution in [3.8, 4) is 11.1 Å². The monoisotopic (exact) mass is 332 g/mol. The van der Waals surface area contributed by atoms with Crippen molar-refractivity contribution in [1.82, 2.24) is 0 Å². The summed E-state index contributed by atoms with van der Waals surface area (Å²) in [6.45, 7) is 4.14. The number of ether oxygens (including phenoxy) is 1. The van der Waals surface area contributed by atoms with Crippen molar-refractivity contribution in [2.24, 2.45) is 0 Å². The Morgan fingerprint density at radius 2 is 1.76 bits per heavy atom. The molecule has 2 aromatic carbocycles. The van der Waals surface area contributed by atoms with Crippen molar-refractivity contribution < 1.29 is 13.9 Å². The minimum Gasteiger partial charge on any atom is -0.463 e. The third kappa shape index (κ3) is 3.89. The Labute approximate surface area is 147 Å². The highest BCUT2D eigenvalue weighted by Gasteiger charge is 2.21. The van der Waals surface area contributed by atoms with Gasteiger partial charge in [0, 0.05) is 5.56 Å². The quantitative estimate of drug-likeness (QED) is 0.571. The first-order chi connectivity index (χ1) is 12.2. The van der Waals surface area contributed by atoms with Crippen molar-refractivity contribution in [1.29, 1.82) is 0 Å². The van der Waals surface area contributed by atoms with Gasteiger partial charge in [-0.15, -0.1) is 0 Å². The molecule has 3 heteroatoms. The summed E-state index contributed by atoms with van der Waals surface area (Å²) in [6.07, 6.45) is 5.33. The number of carbonyl (C=O) groups is 1. The van der Waals surface area contributed by atoms with E-state index in [1.54, 1.807) is 19.3 Å². The van der Waals surface area contributed by atoms with E-state index in [0.29, 0.717) is 17.9 Å². The van der Waals surface area contributed by atoms with E-state index in [0.717, 1.165) is 22.3 Å². The Bertz CT molecular complexity index is 871. The van der Waals surface area contributed by atoms with Gasteiger partial charge in [0.25, 0.3) is 0 Å². The highest BCUT2D eigenvalue weighted by Crippen LogP contribution is 2.30. The molecule has 0 saturated carbocycles. The summed E-state index contributed by atoms with van der Waals surface area (Å²) in [4.78, 5) is 12.5. The average Bonchev–Trinajstić information content (AvgIpc) is 3.06. The lowest BCUT2D eigenvalue weighted by Crippen LogP contribution is -2.06. The van der Waals surface area contributed by atoms with Gasteiger partial charge in [-0.2, -0.15) is 0 Å². The molecule has 25 heavy (non-hydrogen) atoms. The topological polar surface area (TPSA) is 39.4 Å². The lowest BCUT2D eigenvalue weighted by molar-refractivity contribution is 0.0526. The molecule has 0 amide bonds. The normalized spacial score (nSPS) is 11.0. The maximum atomic E-state index is 12.5. The van der Waals surface area contributed by atoms with Crippen LogP contribution in [0.5, 0.6) is 0 Å². The van der Waals surface area contributed by atoms with Crippen LogP contribution in [0.1, 0.15) is 34.2 Å². The van der Waals surface area contributed by atoms with Crippen molar-refractivity contribution in [3.05, 3.63) is 83.3 Å². The number of benzene rings is 2. The van der Waals surface area contributed by atoms with E-state index in [-0.39, 0.29) is 5.97 Å². The van der Waals surface area contributed by atoms with E-state index in [2.05, 4.69) is 0 Å². The van der Waals surface area contributed by atoms with Crippen molar-refractivity contribution in [3.63, 3.8) is 0 Å². The maximum absolute atomic E-state index is 12.5. The molecule has 3 nitrogen and oxygen atoms in total. The summed E-state index contributed by atoms with van der Waals surface area (Å²) in [6, 6.07) is 17.9. The number of carbonyl (C=O) groups excluding carboxylic acids is 1. The van der Waals surface area contributed by atoms with E-state index in [1.807, 2.05) is 67.6 Å². The molecule has 0 bridgehead atoms. The van der Waals surface area contributed by atoms with Crippen molar-refractivity contribution >= 4 is 18.1 Å². The Balaban J connectivity index is 2.02. The van der Waals surface area contributed by atoms with Gasteiger partial charge >= 0.3 is 5.97 Å². The van der Waals surface area contributed by atoms with Gasteiger partial charge in [0.1, 0.15) is 11.3 Å². The van der Waals surface area contributed by atoms with Crippen LogP contribution in [0.15, 0.2) is 65.3 Å². The van der Waals surface area contributed by atoms with Gasteiger partial charge in [0.05, 0.1) is 12.9 Å². The zero-order valence-corrected chi connectivity index (χ0v) is 14.4. The third-order valence-electron chi connectivity index (χ3n) is 3.89. The molecule has 0 atom stereocenters. The van der Waals surface area contributed by atoms with Crippen LogP contribution < -0.4 is 0 Å². The molecule has 3 aromatic rings. The Morgan fingerprint density at radius 1 is 1.04 bits per heavy atom. The predicted molar refractivity (Wildman–Crippen MR) is 100 cm³/mol. The number of furan rings is 1. The summed E-state index contributed by atoms with van der Waals surface area (Å²) >= 11 is 0. The van der Waals surface area contributed by atoms with Gasteiger partial charge in [-0.05, 0) is 31.1 Å². The fourth-order valence-electron chi connectivity index (χ4n) is 2.59. The molecule has 0 saturated heterocycles. The molecule has 0 radical (unpaired) electrons. The summed E-state index contributed by atoms with van der Waals surface area (Å²) in [5, 5.41) is 0. The van der Waals surface area contributed by atoms with E-state index >= 15 is 0 Å².